The van der Waals surface area contributed by atoms with Crippen LogP contribution in [-0.4, -0.2) is 24.1 Å². The first-order valence-electron chi connectivity index (χ1n) is 9.01. The predicted molar refractivity (Wildman–Crippen MR) is 107 cm³/mol. The lowest BCUT2D eigenvalue weighted by molar-refractivity contribution is 0.789. The van der Waals surface area contributed by atoms with E-state index < -0.39 is 0 Å². The maximum absolute atomic E-state index is 12.8. The van der Waals surface area contributed by atoms with Crippen molar-refractivity contribution in [3.63, 3.8) is 0 Å². The molecule has 6 nitrogen and oxygen atoms in total. The van der Waals surface area contributed by atoms with Gasteiger partial charge in [0.1, 0.15) is 0 Å². The van der Waals surface area contributed by atoms with Crippen LogP contribution >= 0.6 is 0 Å². The number of benzene rings is 2. The van der Waals surface area contributed by atoms with E-state index in [1.54, 1.807) is 6.20 Å². The van der Waals surface area contributed by atoms with Crippen molar-refractivity contribution >= 4 is 0 Å². The average molecular weight is 367 g/mol. The molecule has 0 unspecified atom stereocenters. The molecule has 136 valence electrons. The third-order valence-electron chi connectivity index (χ3n) is 4.70. The molecule has 0 fully saturated rings. The molecule has 2 aliphatic heterocycles. The summed E-state index contributed by atoms with van der Waals surface area (Å²) >= 11 is 0. The van der Waals surface area contributed by atoms with Gasteiger partial charge in [-0.05, 0) is 42.0 Å². The van der Waals surface area contributed by atoms with E-state index >= 15 is 0 Å². The van der Waals surface area contributed by atoms with Crippen LogP contribution in [0.3, 0.4) is 0 Å². The molecule has 0 spiro atoms. The van der Waals surface area contributed by atoms with E-state index in [-0.39, 0.29) is 5.56 Å². The van der Waals surface area contributed by atoms with Crippen LogP contribution in [0.4, 0.5) is 0 Å². The van der Waals surface area contributed by atoms with E-state index in [4.69, 9.17) is 0 Å². The van der Waals surface area contributed by atoms with Crippen LogP contribution < -0.4 is 5.56 Å². The number of rotatable bonds is 4. The van der Waals surface area contributed by atoms with Gasteiger partial charge in [0.05, 0.1) is 22.6 Å². The Morgan fingerprint density at radius 2 is 1.64 bits per heavy atom. The lowest BCUT2D eigenvalue weighted by Crippen LogP contribution is -2.14. The van der Waals surface area contributed by atoms with Crippen molar-refractivity contribution in [3.05, 3.63) is 107 Å². The molecular weight excluding hydrogens is 350 g/mol. The van der Waals surface area contributed by atoms with Crippen molar-refractivity contribution in [1.82, 2.24) is 24.1 Å². The molecule has 0 aliphatic carbocycles. The van der Waals surface area contributed by atoms with Gasteiger partial charge in [0.25, 0.3) is 5.56 Å². The fourth-order valence-electron chi connectivity index (χ4n) is 3.28. The smallest absolute Gasteiger partial charge is 0.282 e. The second-order valence-electron chi connectivity index (χ2n) is 6.59. The minimum Gasteiger partial charge on any atom is -0.349 e. The van der Waals surface area contributed by atoms with Gasteiger partial charge in [0.15, 0.2) is 0 Å². The van der Waals surface area contributed by atoms with Gasteiger partial charge in [-0.25, -0.2) is 4.68 Å². The van der Waals surface area contributed by atoms with Gasteiger partial charge in [-0.1, -0.05) is 30.3 Å². The second kappa shape index (κ2) is 6.66. The summed E-state index contributed by atoms with van der Waals surface area (Å²) in [5, 5.41) is 8.69. The molecule has 6 heteroatoms. The molecule has 1 aromatic heterocycles. The fraction of sp³-hybridized carbons (Fsp3) is 0.0455. The van der Waals surface area contributed by atoms with Crippen LogP contribution in [0, 0.1) is 0 Å². The van der Waals surface area contributed by atoms with Crippen LogP contribution in [0.1, 0.15) is 5.56 Å². The lowest BCUT2D eigenvalue weighted by Gasteiger charge is -2.09. The lowest BCUT2D eigenvalue weighted by atomic mass is 10.2. The topological polar surface area (TPSA) is 57.6 Å². The van der Waals surface area contributed by atoms with Gasteiger partial charge < -0.3 is 4.57 Å². The Labute approximate surface area is 161 Å². The maximum Gasteiger partial charge on any atom is 0.282 e. The molecule has 0 atom stereocenters. The van der Waals surface area contributed by atoms with Gasteiger partial charge in [-0.2, -0.15) is 14.9 Å². The second-order valence-corrected chi connectivity index (χ2v) is 6.59. The third kappa shape index (κ3) is 2.91. The normalized spacial score (nSPS) is 11.1. The average Bonchev–Trinajstić information content (AvgIpc) is 3.38. The van der Waals surface area contributed by atoms with Gasteiger partial charge >= 0.3 is 0 Å². The van der Waals surface area contributed by atoms with E-state index in [9.17, 15) is 4.79 Å². The summed E-state index contributed by atoms with van der Waals surface area (Å²) in [5.41, 5.74) is 4.12. The summed E-state index contributed by atoms with van der Waals surface area (Å²) in [4.78, 5) is 12.8. The van der Waals surface area contributed by atoms with E-state index in [1.807, 2.05) is 82.4 Å². The number of fused-ring (bicyclic) bond motifs is 1. The zero-order valence-electron chi connectivity index (χ0n) is 15.0. The molecule has 5 rings (SSSR count). The summed E-state index contributed by atoms with van der Waals surface area (Å²) in [6.07, 6.45) is 7.49. The van der Waals surface area contributed by atoms with E-state index in [0.29, 0.717) is 17.8 Å². The number of hydrogen-bond acceptors (Lipinski definition) is 3. The van der Waals surface area contributed by atoms with E-state index in [2.05, 4.69) is 22.3 Å². The number of hydrogen-bond donors (Lipinski definition) is 0. The first-order valence-corrected chi connectivity index (χ1v) is 9.01. The van der Waals surface area contributed by atoms with Gasteiger partial charge in [0, 0.05) is 31.3 Å². The van der Waals surface area contributed by atoms with E-state index in [1.165, 1.54) is 4.68 Å². The number of para-hydroxylation sites is 1. The summed E-state index contributed by atoms with van der Waals surface area (Å²) in [6, 6.07) is 21.5. The largest absolute Gasteiger partial charge is 0.349 e. The summed E-state index contributed by atoms with van der Waals surface area (Å²) in [5.74, 6) is 0. The van der Waals surface area contributed by atoms with Crippen molar-refractivity contribution in [2.45, 2.75) is 6.54 Å². The van der Waals surface area contributed by atoms with Crippen LogP contribution in [-0.2, 0) is 6.54 Å². The van der Waals surface area contributed by atoms with E-state index in [0.717, 1.165) is 16.9 Å². The Bertz CT molecular complexity index is 1230. The van der Waals surface area contributed by atoms with Crippen LogP contribution in [0.15, 0.2) is 96.3 Å². The first-order chi connectivity index (χ1) is 13.8. The molecule has 2 aliphatic rings. The number of pyridine rings is 1. The molecular formula is C22H17N5O. The van der Waals surface area contributed by atoms with Gasteiger partial charge in [-0.3, -0.25) is 4.79 Å². The Morgan fingerprint density at radius 1 is 0.821 bits per heavy atom. The minimum atomic E-state index is -0.107. The first kappa shape index (κ1) is 16.3. The Morgan fingerprint density at radius 3 is 2.39 bits per heavy atom. The summed E-state index contributed by atoms with van der Waals surface area (Å²) in [6.45, 7) is 0.672. The fourth-order valence-corrected chi connectivity index (χ4v) is 3.28. The van der Waals surface area contributed by atoms with Crippen molar-refractivity contribution in [3.8, 4) is 22.6 Å². The standard InChI is InChI=1S/C22H17N5O/c28-22-20-16-25(14-11-21(20)24-27(22)19-5-2-1-3-6-19)15-17-7-9-18(10-8-17)26-13-4-12-23-26/h1-14,16H,15H2. The van der Waals surface area contributed by atoms with Crippen LogP contribution in [0.2, 0.25) is 0 Å². The Kier molecular flexibility index (Phi) is 3.87. The predicted octanol–water partition coefficient (Wildman–Crippen LogP) is 3.37. The highest BCUT2D eigenvalue weighted by Gasteiger charge is 2.16. The monoisotopic (exact) mass is 367 g/mol. The molecule has 3 heterocycles. The molecule has 28 heavy (non-hydrogen) atoms. The molecule has 0 saturated carbocycles. The summed E-state index contributed by atoms with van der Waals surface area (Å²) < 4.78 is 5.28. The van der Waals surface area contributed by atoms with Crippen molar-refractivity contribution in [2.24, 2.45) is 0 Å². The molecule has 0 saturated heterocycles. The maximum atomic E-state index is 12.8. The zero-order chi connectivity index (χ0) is 18.9. The summed E-state index contributed by atoms with van der Waals surface area (Å²) in [7, 11) is 0. The molecule has 3 aromatic rings. The Balaban J connectivity index is 1.45. The van der Waals surface area contributed by atoms with Crippen LogP contribution in [0.5, 0.6) is 0 Å². The highest BCUT2D eigenvalue weighted by molar-refractivity contribution is 5.59. The van der Waals surface area contributed by atoms with Crippen molar-refractivity contribution in [1.29, 1.82) is 0 Å². The molecule has 0 N–H and O–H groups in total. The highest BCUT2D eigenvalue weighted by atomic mass is 16.1. The SMILES string of the molecule is O=c1c2cn(Cc3ccc(-n4cccn4)cc3)ccc-2nn1-c1ccccc1. The highest BCUT2D eigenvalue weighted by Crippen LogP contribution is 2.18. The third-order valence-corrected chi connectivity index (χ3v) is 4.70. The van der Waals surface area contributed by atoms with Crippen molar-refractivity contribution in [2.75, 3.05) is 0 Å². The number of nitrogens with zero attached hydrogens (tertiary/aromatic N) is 5. The molecule has 0 bridgehead atoms. The van der Waals surface area contributed by atoms with Gasteiger partial charge in [0.2, 0.25) is 0 Å². The Hall–Kier alpha value is -3.93. The molecule has 2 aromatic carbocycles. The number of aromatic nitrogens is 5. The molecule has 0 amide bonds. The molecule has 0 radical (unpaired) electrons. The quantitative estimate of drug-likeness (QED) is 0.489. The van der Waals surface area contributed by atoms with Gasteiger partial charge in [-0.15, -0.1) is 0 Å². The zero-order valence-corrected chi connectivity index (χ0v) is 15.0. The van der Waals surface area contributed by atoms with Crippen LogP contribution in [0.25, 0.3) is 22.6 Å². The van der Waals surface area contributed by atoms with Crippen molar-refractivity contribution < 1.29 is 0 Å². The minimum absolute atomic E-state index is 0.107.